The number of furan rings is 1. The highest BCUT2D eigenvalue weighted by Crippen LogP contribution is 2.13. The van der Waals surface area contributed by atoms with Gasteiger partial charge in [0.15, 0.2) is 5.76 Å². The van der Waals surface area contributed by atoms with Gasteiger partial charge in [-0.3, -0.25) is 0 Å². The van der Waals surface area contributed by atoms with E-state index < -0.39 is 0 Å². The van der Waals surface area contributed by atoms with Crippen molar-refractivity contribution in [3.05, 3.63) is 46.0 Å². The van der Waals surface area contributed by atoms with Crippen LogP contribution in [0.5, 0.6) is 0 Å². The summed E-state index contributed by atoms with van der Waals surface area (Å²) in [6.45, 7) is 4.13. The van der Waals surface area contributed by atoms with Gasteiger partial charge in [0.1, 0.15) is 13.1 Å². The molecule has 2 N–H and O–H groups in total. The largest absolute Gasteiger partial charge is 0.463 e. The molecule has 2 heterocycles. The summed E-state index contributed by atoms with van der Waals surface area (Å²) in [6.07, 6.45) is 1.72. The second kappa shape index (κ2) is 4.44. The molecule has 0 aliphatic rings. The second-order valence-corrected chi connectivity index (χ2v) is 4.30. The molecule has 0 radical (unpaired) electrons. The molecule has 2 aromatic rings. The fraction of sp³-hybridized carbons (Fsp3) is 0.273. The third-order valence-electron chi connectivity index (χ3n) is 2.22. The van der Waals surface area contributed by atoms with E-state index in [9.17, 15) is 0 Å². The molecule has 2 nitrogen and oxygen atoms in total. The standard InChI is InChI=1S/C11H13NOS/c1-9-4-6-14-11(9)8-12-7-10-3-2-5-13-10/h2-6,12H,7-8H2,1H3/p+1. The van der Waals surface area contributed by atoms with Crippen LogP contribution >= 0.6 is 11.3 Å². The topological polar surface area (TPSA) is 29.8 Å². The van der Waals surface area contributed by atoms with E-state index in [1.807, 2.05) is 23.5 Å². The summed E-state index contributed by atoms with van der Waals surface area (Å²) < 4.78 is 5.26. The van der Waals surface area contributed by atoms with Gasteiger partial charge in [-0.2, -0.15) is 0 Å². The second-order valence-electron chi connectivity index (χ2n) is 3.30. The molecular weight excluding hydrogens is 194 g/mol. The van der Waals surface area contributed by atoms with Gasteiger partial charge in [-0.05, 0) is 36.1 Å². The van der Waals surface area contributed by atoms with Crippen molar-refractivity contribution < 1.29 is 9.73 Å². The van der Waals surface area contributed by atoms with Gasteiger partial charge in [-0.25, -0.2) is 0 Å². The zero-order chi connectivity index (χ0) is 9.80. The van der Waals surface area contributed by atoms with Crippen LogP contribution in [0.1, 0.15) is 16.2 Å². The lowest BCUT2D eigenvalue weighted by Gasteiger charge is -1.98. The van der Waals surface area contributed by atoms with E-state index >= 15 is 0 Å². The van der Waals surface area contributed by atoms with E-state index in [0.717, 1.165) is 18.8 Å². The van der Waals surface area contributed by atoms with Crippen molar-refractivity contribution in [3.8, 4) is 0 Å². The van der Waals surface area contributed by atoms with E-state index in [1.165, 1.54) is 10.4 Å². The number of thiophene rings is 1. The number of hydrogen-bond acceptors (Lipinski definition) is 2. The molecule has 0 aromatic carbocycles. The minimum atomic E-state index is 0.921. The fourth-order valence-corrected chi connectivity index (χ4v) is 2.29. The lowest BCUT2D eigenvalue weighted by molar-refractivity contribution is -0.687. The Morgan fingerprint density at radius 1 is 1.36 bits per heavy atom. The van der Waals surface area contributed by atoms with Crippen LogP contribution in [0.4, 0.5) is 0 Å². The molecule has 0 saturated heterocycles. The van der Waals surface area contributed by atoms with Gasteiger partial charge < -0.3 is 9.73 Å². The number of aryl methyl sites for hydroxylation is 1. The lowest BCUT2D eigenvalue weighted by atomic mass is 10.3. The van der Waals surface area contributed by atoms with Gasteiger partial charge in [-0.15, -0.1) is 11.3 Å². The summed E-state index contributed by atoms with van der Waals surface area (Å²) in [6, 6.07) is 6.11. The van der Waals surface area contributed by atoms with Gasteiger partial charge in [0, 0.05) is 0 Å². The Kier molecular flexibility index (Phi) is 3.01. The summed E-state index contributed by atoms with van der Waals surface area (Å²) in [5, 5.41) is 4.41. The molecule has 3 heteroatoms. The first-order chi connectivity index (χ1) is 6.86. The molecule has 0 spiro atoms. The molecular formula is C11H14NOS+. The molecule has 2 aromatic heterocycles. The van der Waals surface area contributed by atoms with Gasteiger partial charge in [0.05, 0.1) is 11.1 Å². The quantitative estimate of drug-likeness (QED) is 0.817. The van der Waals surface area contributed by atoms with Crippen LogP contribution in [0.25, 0.3) is 0 Å². The molecule has 0 amide bonds. The maximum absolute atomic E-state index is 5.26. The van der Waals surface area contributed by atoms with Crippen LogP contribution in [0.15, 0.2) is 34.3 Å². The first kappa shape index (κ1) is 9.49. The normalized spacial score (nSPS) is 10.6. The molecule has 0 unspecified atom stereocenters. The highest BCUT2D eigenvalue weighted by molar-refractivity contribution is 7.10. The SMILES string of the molecule is Cc1ccsc1C[NH2+]Cc1ccco1. The molecule has 0 aliphatic carbocycles. The Bertz CT molecular complexity index is 378. The fourth-order valence-electron chi connectivity index (χ4n) is 1.39. The average Bonchev–Trinajstić information content (AvgIpc) is 2.78. The zero-order valence-electron chi connectivity index (χ0n) is 8.19. The van der Waals surface area contributed by atoms with E-state index in [4.69, 9.17) is 4.42 Å². The Labute approximate surface area is 87.6 Å². The first-order valence-corrected chi connectivity index (χ1v) is 5.61. The van der Waals surface area contributed by atoms with Crippen molar-refractivity contribution in [1.29, 1.82) is 0 Å². The van der Waals surface area contributed by atoms with E-state index in [2.05, 4.69) is 23.7 Å². The predicted molar refractivity (Wildman–Crippen MR) is 57.1 cm³/mol. The Balaban J connectivity index is 1.81. The summed E-state index contributed by atoms with van der Waals surface area (Å²) in [5.74, 6) is 1.04. The Morgan fingerprint density at radius 2 is 2.29 bits per heavy atom. The van der Waals surface area contributed by atoms with Crippen LogP contribution in [0.3, 0.4) is 0 Å². The van der Waals surface area contributed by atoms with Crippen molar-refractivity contribution in [3.63, 3.8) is 0 Å². The summed E-state index contributed by atoms with van der Waals surface area (Å²) in [4.78, 5) is 1.46. The van der Waals surface area contributed by atoms with Crippen molar-refractivity contribution in [1.82, 2.24) is 0 Å². The van der Waals surface area contributed by atoms with Crippen LogP contribution < -0.4 is 5.32 Å². The zero-order valence-corrected chi connectivity index (χ0v) is 9.01. The Hall–Kier alpha value is -1.06. The van der Waals surface area contributed by atoms with E-state index in [1.54, 1.807) is 6.26 Å². The molecule has 74 valence electrons. The maximum atomic E-state index is 5.26. The van der Waals surface area contributed by atoms with Crippen LogP contribution in [0, 0.1) is 6.92 Å². The van der Waals surface area contributed by atoms with Crippen molar-refractivity contribution in [2.45, 2.75) is 20.0 Å². The smallest absolute Gasteiger partial charge is 0.157 e. The van der Waals surface area contributed by atoms with Crippen molar-refractivity contribution >= 4 is 11.3 Å². The van der Waals surface area contributed by atoms with Crippen molar-refractivity contribution in [2.75, 3.05) is 0 Å². The highest BCUT2D eigenvalue weighted by Gasteiger charge is 2.02. The monoisotopic (exact) mass is 208 g/mol. The molecule has 0 saturated carbocycles. The molecule has 0 atom stereocenters. The summed E-state index contributed by atoms with van der Waals surface area (Å²) in [5.41, 5.74) is 1.39. The predicted octanol–water partition coefficient (Wildman–Crippen LogP) is 1.91. The summed E-state index contributed by atoms with van der Waals surface area (Å²) >= 11 is 1.82. The minimum Gasteiger partial charge on any atom is -0.463 e. The van der Waals surface area contributed by atoms with Crippen LogP contribution in [0.2, 0.25) is 0 Å². The van der Waals surface area contributed by atoms with E-state index in [0.29, 0.717) is 0 Å². The van der Waals surface area contributed by atoms with Gasteiger partial charge in [-0.1, -0.05) is 0 Å². The molecule has 0 bridgehead atoms. The van der Waals surface area contributed by atoms with Crippen LogP contribution in [-0.2, 0) is 13.1 Å². The molecule has 14 heavy (non-hydrogen) atoms. The maximum Gasteiger partial charge on any atom is 0.157 e. The average molecular weight is 208 g/mol. The summed E-state index contributed by atoms with van der Waals surface area (Å²) in [7, 11) is 0. The number of nitrogens with two attached hydrogens (primary N) is 1. The third-order valence-corrected chi connectivity index (χ3v) is 3.27. The van der Waals surface area contributed by atoms with Gasteiger partial charge in [0.2, 0.25) is 0 Å². The van der Waals surface area contributed by atoms with Gasteiger partial charge >= 0.3 is 0 Å². The van der Waals surface area contributed by atoms with Gasteiger partial charge in [0.25, 0.3) is 0 Å². The Morgan fingerprint density at radius 3 is 2.93 bits per heavy atom. The van der Waals surface area contributed by atoms with E-state index in [-0.39, 0.29) is 0 Å². The number of rotatable bonds is 4. The molecule has 2 rings (SSSR count). The van der Waals surface area contributed by atoms with Crippen LogP contribution in [-0.4, -0.2) is 0 Å². The van der Waals surface area contributed by atoms with Crippen molar-refractivity contribution in [2.24, 2.45) is 0 Å². The lowest BCUT2D eigenvalue weighted by Crippen LogP contribution is -2.80. The highest BCUT2D eigenvalue weighted by atomic mass is 32.1. The molecule has 0 aliphatic heterocycles. The number of hydrogen-bond donors (Lipinski definition) is 1. The third kappa shape index (κ3) is 2.25. The number of quaternary nitrogens is 1. The minimum absolute atomic E-state index is 0.921. The first-order valence-electron chi connectivity index (χ1n) is 4.73. The molecule has 0 fully saturated rings.